The number of alkyl halides is 6. The lowest BCUT2D eigenvalue weighted by Crippen LogP contribution is -2.49. The van der Waals surface area contributed by atoms with Gasteiger partial charge in [-0.2, -0.15) is 36.5 Å². The zero-order valence-corrected chi connectivity index (χ0v) is 80.3. The van der Waals surface area contributed by atoms with Crippen molar-refractivity contribution in [3.05, 3.63) is 156 Å². The maximum Gasteiger partial charge on any atom is 0.421 e. The molecule has 0 spiro atoms. The smallest absolute Gasteiger partial charge is 0.421 e. The molecule has 6 saturated carbocycles. The molecule has 11 heterocycles. The number of piperidine rings is 6. The molecule has 12 aliphatic rings. The third-order valence-corrected chi connectivity index (χ3v) is 28.0. The molecule has 7 unspecified atom stereocenters. The molecule has 6 aliphatic carbocycles. The van der Waals surface area contributed by atoms with E-state index in [1.807, 2.05) is 147 Å². The van der Waals surface area contributed by atoms with Gasteiger partial charge in [0.1, 0.15) is 73.2 Å². The van der Waals surface area contributed by atoms with Crippen molar-refractivity contribution >= 4 is 68.7 Å². The molecule has 12 fully saturated rings. The Kier molecular flexibility index (Phi) is 30.6. The van der Waals surface area contributed by atoms with E-state index in [-0.39, 0.29) is 95.7 Å². The molecule has 20 rings (SSSR count). The summed E-state index contributed by atoms with van der Waals surface area (Å²) in [6, 6.07) is 30.3. The van der Waals surface area contributed by atoms with Gasteiger partial charge in [0.15, 0.2) is 0 Å². The monoisotopic (exact) mass is 1920 g/mol. The Morgan fingerprint density at radius 3 is 1.20 bits per heavy atom. The maximum absolute atomic E-state index is 12.9. The molecule has 3 aromatic carbocycles. The second-order valence-electron chi connectivity index (χ2n) is 41.5. The Morgan fingerprint density at radius 2 is 0.774 bits per heavy atom. The highest BCUT2D eigenvalue weighted by Crippen LogP contribution is 2.54. The summed E-state index contributed by atoms with van der Waals surface area (Å²) in [7, 11) is 1.83. The van der Waals surface area contributed by atoms with E-state index in [1.54, 1.807) is 51.0 Å². The number of nitrogens with one attached hydrogen (secondary N) is 12. The minimum atomic E-state index is -4.57. The summed E-state index contributed by atoms with van der Waals surface area (Å²) in [6.07, 6.45) is -1.82. The van der Waals surface area contributed by atoms with Gasteiger partial charge in [0.2, 0.25) is 53.1 Å². The third kappa shape index (κ3) is 25.4. The summed E-state index contributed by atoms with van der Waals surface area (Å²) < 4.78 is 113. The van der Waals surface area contributed by atoms with E-state index in [0.29, 0.717) is 114 Å². The zero-order valence-electron chi connectivity index (χ0n) is 79.6. The van der Waals surface area contributed by atoms with E-state index in [0.717, 1.165) is 136 Å². The van der Waals surface area contributed by atoms with Crippen LogP contribution in [0.5, 0.6) is 34.9 Å². The van der Waals surface area contributed by atoms with Crippen molar-refractivity contribution < 1.29 is 83.5 Å². The van der Waals surface area contributed by atoms with Crippen LogP contribution in [0.3, 0.4) is 0 Å². The zero-order chi connectivity index (χ0) is 97.8. The van der Waals surface area contributed by atoms with Gasteiger partial charge in [-0.25, -0.2) is 14.6 Å². The Morgan fingerprint density at radius 1 is 0.394 bits per heavy atom. The van der Waals surface area contributed by atoms with Crippen LogP contribution in [0.1, 0.15) is 92.9 Å². The number of ether oxygens (including phenoxy) is 6. The van der Waals surface area contributed by atoms with Crippen LogP contribution in [0.2, 0.25) is 5.15 Å². The molecule has 19 atom stereocenters. The van der Waals surface area contributed by atoms with E-state index >= 15 is 0 Å². The summed E-state index contributed by atoms with van der Waals surface area (Å²) in [5, 5.41) is 52.0. The Labute approximate surface area is 798 Å². The number of nitrogens with zero attached hydrogens (tertiary/aromatic N) is 7. The van der Waals surface area contributed by atoms with Crippen molar-refractivity contribution in [1.29, 1.82) is 0 Å². The molecular formula is C99H128ClF6N19O12. The van der Waals surface area contributed by atoms with Crippen LogP contribution in [0, 0.1) is 113 Å². The number of fused-ring (bicyclic) bond motifs is 8. The summed E-state index contributed by atoms with van der Waals surface area (Å²) in [5.41, 5.74) is -2.73. The van der Waals surface area contributed by atoms with E-state index in [9.17, 15) is 55.1 Å². The fourth-order valence-corrected chi connectivity index (χ4v) is 20.2. The van der Waals surface area contributed by atoms with Crippen LogP contribution in [-0.4, -0.2) is 222 Å². The van der Waals surface area contributed by atoms with Crippen LogP contribution in [-0.2, 0) is 48.2 Å². The number of benzene rings is 3. The van der Waals surface area contributed by atoms with Crippen molar-refractivity contribution in [2.75, 3.05) is 118 Å². The number of aryl methyl sites for hydroxylation is 2. The van der Waals surface area contributed by atoms with Crippen molar-refractivity contribution in [2.45, 2.75) is 129 Å². The first kappa shape index (κ1) is 101. The van der Waals surface area contributed by atoms with E-state index < -0.39 is 57.4 Å². The maximum atomic E-state index is 12.9. The molecule has 0 radical (unpaired) electrons. The fourth-order valence-electron chi connectivity index (χ4n) is 20.0. The highest BCUT2D eigenvalue weighted by atomic mass is 35.5. The SMILES string of the molecule is CC(C)(COc1ccnc2ccccc12)NC(=O)C1[C@H]2CNC[C@@H]12.CC(C)(COc1cnc(Cl)c2ccccc12)NC(=O)C1[C@H]2CNC[C@@H]12.CC(C)(COc1ncccc1C(F)(F)F)NC(=O)C1[C@H]2CNC[C@@H]12.CC(C)(COc1nnccc1C(F)(F)F)NC(=O)C1[C@H]2CNC[C@@H]12.Cc1ccccc1OCC(C)NC(=O)C1[C@H]2CNC[C@@H]12.Cn1nccc1OCC(C)(C)NC(=O)C1[C@H]2CNC[C@@H]12. The summed E-state index contributed by atoms with van der Waals surface area (Å²) in [5.74, 6) is 9.19. The number of aromatic nitrogens is 7. The van der Waals surface area contributed by atoms with Crippen molar-refractivity contribution in [3.63, 3.8) is 0 Å². The van der Waals surface area contributed by atoms with Crippen LogP contribution in [0.15, 0.2) is 134 Å². The molecule has 6 amide bonds. The fraction of sp³-hybridized carbons (Fsp3) is 0.576. The Hall–Kier alpha value is -10.8. The quantitative estimate of drug-likeness (QED) is 0.0147. The molecule has 0 bridgehead atoms. The number of rotatable bonds is 30. The highest BCUT2D eigenvalue weighted by Gasteiger charge is 2.62. The lowest BCUT2D eigenvalue weighted by atomic mass is 10.1. The van der Waals surface area contributed by atoms with Crippen molar-refractivity contribution in [1.82, 2.24) is 98.7 Å². The number of carbonyl (C=O) groups excluding carboxylic acids is 6. The van der Waals surface area contributed by atoms with Crippen LogP contribution < -0.4 is 92.2 Å². The minimum Gasteiger partial charge on any atom is -0.491 e. The number of pyridine rings is 3. The van der Waals surface area contributed by atoms with Gasteiger partial charge in [0.05, 0.1) is 57.8 Å². The van der Waals surface area contributed by atoms with Crippen LogP contribution in [0.4, 0.5) is 26.3 Å². The van der Waals surface area contributed by atoms with Crippen LogP contribution in [0.25, 0.3) is 21.7 Å². The molecule has 5 aromatic heterocycles. The lowest BCUT2D eigenvalue weighted by Gasteiger charge is -2.27. The van der Waals surface area contributed by atoms with Gasteiger partial charge in [0, 0.05) is 77.2 Å². The normalized spacial score (nSPS) is 26.3. The van der Waals surface area contributed by atoms with Gasteiger partial charge in [-0.3, -0.25) is 33.8 Å². The van der Waals surface area contributed by atoms with Gasteiger partial charge in [0.25, 0.3) is 0 Å². The van der Waals surface area contributed by atoms with Crippen molar-refractivity contribution in [2.24, 2.45) is 114 Å². The van der Waals surface area contributed by atoms with Crippen molar-refractivity contribution in [3.8, 4) is 34.9 Å². The number of para-hydroxylation sites is 2. The van der Waals surface area contributed by atoms with E-state index in [4.69, 9.17) is 40.0 Å². The number of hydrogen-bond donors (Lipinski definition) is 12. The summed E-state index contributed by atoms with van der Waals surface area (Å²) in [4.78, 5) is 86.0. The summed E-state index contributed by atoms with van der Waals surface area (Å²) >= 11 is 6.15. The van der Waals surface area contributed by atoms with Gasteiger partial charge in [-0.05, 0) is 281 Å². The predicted molar refractivity (Wildman–Crippen MR) is 501 cm³/mol. The Bertz CT molecular complexity index is 5440. The van der Waals surface area contributed by atoms with Crippen LogP contribution >= 0.6 is 11.6 Å². The summed E-state index contributed by atoms with van der Waals surface area (Å²) in [6.45, 7) is 35.5. The molecule has 6 aliphatic heterocycles. The average Bonchev–Trinajstić information content (AvgIpc) is 1.61. The largest absolute Gasteiger partial charge is 0.491 e. The standard InChI is InChI=1S/C19H22ClN3O2.C19H23N3O2.C16H20F3N3O2.C16H22N2O2.C15H19F3N4O2.C14H22N4O2/c1-19(2,23-18(24)16-13-7-21-8-14(13)16)10-25-15-9-22-17(20)12-6-4-3-5-11(12)15;1-19(2,22-18(23)17-13-9-20-10-14(13)17)11-24-16-7-8-21-15-6-4-3-5-12(15)16;1-15(2,22-13(23)12-9-6-20-7-10(9)12)8-24-14-11(16(17,18)19)4-3-5-21-14;1-10-5-3-4-6-14(10)20-9-11(2)18-16(19)15-12-7-17-8-13(12)15;1-14(2,21-12(23)11-8-5-19-6-9(8)11)7-24-13-10(15(16,17)18)3-4-20-22-13;1-14(2,8-20-11-4-5-16-18(11)3)17-13(19)12-9-6-15-7-10(9)12/h3-6,9,13-14,16,21H,7-8,10H2,1-2H3,(H,23,24);3-8,13-14,17,20H,9-11H2,1-2H3,(H,22,23);3-5,9-10,12,20H,6-8H2,1-2H3,(H,22,23);3-6,11-13,15,17H,7-9H2,1-2H3,(H,18,19);3-4,8-9,11,19H,5-7H2,1-2H3,(H,21,23);4-5,9-10,12,15H,6-8H2,1-3H3,(H,17,19)/t13-,14+,16?;13-,14+,17?;9-,10+,12?;11?,12-,13+,15?;8-,9+,11?;9-,10+,12?. The van der Waals surface area contributed by atoms with Gasteiger partial charge >= 0.3 is 12.4 Å². The first-order valence-electron chi connectivity index (χ1n) is 47.3. The molecule has 6 saturated heterocycles. The minimum absolute atomic E-state index is 0.00566. The van der Waals surface area contributed by atoms with Gasteiger partial charge in [-0.1, -0.05) is 66.2 Å². The number of carbonyl (C=O) groups is 6. The number of amides is 6. The second kappa shape index (κ2) is 41.7. The second-order valence-corrected chi connectivity index (χ2v) is 41.9. The molecule has 137 heavy (non-hydrogen) atoms. The highest BCUT2D eigenvalue weighted by molar-refractivity contribution is 6.34. The molecular weight excluding hydrogens is 1800 g/mol. The molecule has 12 N–H and O–H groups in total. The van der Waals surface area contributed by atoms with Gasteiger partial charge in [-0.15, -0.1) is 5.10 Å². The molecule has 8 aromatic rings. The van der Waals surface area contributed by atoms with Gasteiger partial charge < -0.3 is 92.2 Å². The number of halogens is 7. The third-order valence-electron chi connectivity index (χ3n) is 27.7. The Balaban J connectivity index is 0.000000125. The molecule has 31 nitrogen and oxygen atoms in total. The van der Waals surface area contributed by atoms with E-state index in [2.05, 4.69) is 94.0 Å². The first-order chi connectivity index (χ1) is 65.0. The number of hydrogen-bond acceptors (Lipinski definition) is 24. The average molecular weight is 1930 g/mol. The topological polar surface area (TPSA) is 384 Å². The predicted octanol–water partition coefficient (Wildman–Crippen LogP) is 9.18. The molecule has 740 valence electrons. The molecule has 38 heteroatoms. The first-order valence-corrected chi connectivity index (χ1v) is 47.6. The van der Waals surface area contributed by atoms with E-state index in [1.165, 1.54) is 12.3 Å². The lowest BCUT2D eigenvalue weighted by molar-refractivity contribution is -0.140.